The van der Waals surface area contributed by atoms with Gasteiger partial charge in [0.25, 0.3) is 0 Å². The Kier molecular flexibility index (Phi) is 4.96. The van der Waals surface area contributed by atoms with Gasteiger partial charge in [-0.05, 0) is 30.2 Å². The van der Waals surface area contributed by atoms with Crippen LogP contribution in [0.1, 0.15) is 16.7 Å². The Hall–Kier alpha value is -2.60. The molecule has 3 aromatic rings. The van der Waals surface area contributed by atoms with Crippen LogP contribution in [0.5, 0.6) is 0 Å². The maximum absolute atomic E-state index is 9.06. The first-order valence-electron chi connectivity index (χ1n) is 7.54. The van der Waals surface area contributed by atoms with Crippen molar-refractivity contribution in [3.05, 3.63) is 65.4 Å². The summed E-state index contributed by atoms with van der Waals surface area (Å²) in [6.45, 7) is 2.11. The zero-order chi connectivity index (χ0) is 16.9. The maximum atomic E-state index is 9.06. The Morgan fingerprint density at radius 1 is 1.21 bits per heavy atom. The molecule has 0 aliphatic rings. The van der Waals surface area contributed by atoms with Crippen LogP contribution in [-0.4, -0.2) is 26.2 Å². The van der Waals surface area contributed by atoms with Gasteiger partial charge in [0.1, 0.15) is 10.7 Å². The van der Waals surface area contributed by atoms with Crippen LogP contribution in [0.25, 0.3) is 11.4 Å². The molecule has 1 N–H and O–H groups in total. The number of benzene rings is 1. The van der Waals surface area contributed by atoms with E-state index >= 15 is 0 Å². The summed E-state index contributed by atoms with van der Waals surface area (Å²) < 4.78 is 1.81. The Morgan fingerprint density at radius 2 is 2.00 bits per heavy atom. The smallest absolute Gasteiger partial charge is 0.121 e. The molecule has 5 nitrogen and oxygen atoms in total. The molecule has 3 rings (SSSR count). The Morgan fingerprint density at radius 3 is 2.71 bits per heavy atom. The second-order valence-corrected chi connectivity index (χ2v) is 6.33. The van der Waals surface area contributed by atoms with E-state index in [9.17, 15) is 0 Å². The second kappa shape index (κ2) is 7.31. The molecular formula is C18H18N4OS. The number of nitrogens with zero attached hydrogens (tertiary/aromatic N) is 4. The minimum absolute atomic E-state index is 0.711. The molecule has 2 heterocycles. The Balaban J connectivity index is 1.96. The lowest BCUT2D eigenvalue weighted by atomic mass is 10.1. The zero-order valence-electron chi connectivity index (χ0n) is 13.5. The van der Waals surface area contributed by atoms with Crippen molar-refractivity contribution in [2.24, 2.45) is 12.2 Å². The van der Waals surface area contributed by atoms with Gasteiger partial charge < -0.3 is 5.21 Å². The van der Waals surface area contributed by atoms with Crippen molar-refractivity contribution in [3.8, 4) is 11.4 Å². The van der Waals surface area contributed by atoms with Gasteiger partial charge in [0, 0.05) is 19.0 Å². The van der Waals surface area contributed by atoms with Gasteiger partial charge in [-0.3, -0.25) is 9.67 Å². The summed E-state index contributed by atoms with van der Waals surface area (Å²) in [7, 11) is 1.89. The standard InChI is InChI=1S/C18H18N4OS/c1-13-7-3-4-8-14(13)12-24-18-15(11-20-23)17(21-22(18)2)16-9-5-6-10-19-16/h3-11,23H,12H2,1-2H3/b20-11+. The van der Waals surface area contributed by atoms with Gasteiger partial charge in [-0.1, -0.05) is 35.5 Å². The van der Waals surface area contributed by atoms with E-state index in [1.165, 1.54) is 17.3 Å². The van der Waals surface area contributed by atoms with Gasteiger partial charge in [-0.25, -0.2) is 0 Å². The average molecular weight is 338 g/mol. The number of hydrogen-bond donors (Lipinski definition) is 1. The minimum Gasteiger partial charge on any atom is -0.411 e. The molecule has 0 aliphatic carbocycles. The minimum atomic E-state index is 0.711. The monoisotopic (exact) mass is 338 g/mol. The van der Waals surface area contributed by atoms with E-state index in [-0.39, 0.29) is 0 Å². The number of hydrogen-bond acceptors (Lipinski definition) is 5. The van der Waals surface area contributed by atoms with E-state index in [0.29, 0.717) is 5.69 Å². The summed E-state index contributed by atoms with van der Waals surface area (Å²) in [5.41, 5.74) is 4.77. The summed E-state index contributed by atoms with van der Waals surface area (Å²) in [4.78, 5) is 4.35. The quantitative estimate of drug-likeness (QED) is 0.332. The molecule has 0 fully saturated rings. The Labute approximate surface area is 145 Å². The summed E-state index contributed by atoms with van der Waals surface area (Å²) in [6.07, 6.45) is 3.15. The van der Waals surface area contributed by atoms with Gasteiger partial charge in [0.15, 0.2) is 0 Å². The van der Waals surface area contributed by atoms with Crippen molar-refractivity contribution in [2.75, 3.05) is 0 Å². The van der Waals surface area contributed by atoms with Gasteiger partial charge >= 0.3 is 0 Å². The van der Waals surface area contributed by atoms with Gasteiger partial charge in [0.2, 0.25) is 0 Å². The number of oxime groups is 1. The Bertz CT molecular complexity index is 859. The van der Waals surface area contributed by atoms with Crippen LogP contribution in [0.2, 0.25) is 0 Å². The summed E-state index contributed by atoms with van der Waals surface area (Å²) in [6, 6.07) is 14.0. The molecule has 0 amide bonds. The van der Waals surface area contributed by atoms with Crippen LogP contribution in [0.4, 0.5) is 0 Å². The van der Waals surface area contributed by atoms with Crippen LogP contribution in [0.3, 0.4) is 0 Å². The molecule has 0 radical (unpaired) electrons. The van der Waals surface area contributed by atoms with Crippen LogP contribution in [0, 0.1) is 6.92 Å². The number of pyridine rings is 1. The third-order valence-electron chi connectivity index (χ3n) is 3.75. The average Bonchev–Trinajstić information content (AvgIpc) is 2.91. The molecule has 0 saturated carbocycles. The lowest BCUT2D eigenvalue weighted by molar-refractivity contribution is 0.321. The first-order valence-corrected chi connectivity index (χ1v) is 8.52. The first-order chi connectivity index (χ1) is 11.7. The molecule has 0 bridgehead atoms. The van der Waals surface area contributed by atoms with E-state index in [2.05, 4.69) is 34.3 Å². The molecule has 0 spiro atoms. The van der Waals surface area contributed by atoms with E-state index < -0.39 is 0 Å². The third kappa shape index (κ3) is 3.33. The molecule has 0 atom stereocenters. The van der Waals surface area contributed by atoms with Gasteiger partial charge in [0.05, 0.1) is 17.5 Å². The molecule has 0 aliphatic heterocycles. The van der Waals surface area contributed by atoms with Crippen LogP contribution in [0.15, 0.2) is 58.8 Å². The molecule has 24 heavy (non-hydrogen) atoms. The van der Waals surface area contributed by atoms with Crippen LogP contribution >= 0.6 is 11.8 Å². The van der Waals surface area contributed by atoms with Crippen LogP contribution in [-0.2, 0) is 12.8 Å². The third-order valence-corrected chi connectivity index (χ3v) is 4.96. The molecule has 2 aromatic heterocycles. The number of thioether (sulfide) groups is 1. The molecule has 6 heteroatoms. The highest BCUT2D eigenvalue weighted by Crippen LogP contribution is 2.31. The van der Waals surface area contributed by atoms with E-state index in [0.717, 1.165) is 22.0 Å². The number of rotatable bonds is 5. The maximum Gasteiger partial charge on any atom is 0.121 e. The predicted molar refractivity (Wildman–Crippen MR) is 96.6 cm³/mol. The highest BCUT2D eigenvalue weighted by Gasteiger charge is 2.18. The fourth-order valence-corrected chi connectivity index (χ4v) is 3.63. The van der Waals surface area contributed by atoms with Gasteiger partial charge in [-0.15, -0.1) is 11.8 Å². The SMILES string of the molecule is Cc1ccccc1CSc1c(/C=N/O)c(-c2ccccn2)nn1C. The van der Waals surface area contributed by atoms with Crippen LogP contribution < -0.4 is 0 Å². The number of aryl methyl sites for hydroxylation is 2. The lowest BCUT2D eigenvalue weighted by Crippen LogP contribution is -1.95. The second-order valence-electron chi connectivity index (χ2n) is 5.37. The largest absolute Gasteiger partial charge is 0.411 e. The van der Waals surface area contributed by atoms with Crippen molar-refractivity contribution in [1.82, 2.24) is 14.8 Å². The van der Waals surface area contributed by atoms with Crippen molar-refractivity contribution in [1.29, 1.82) is 0 Å². The van der Waals surface area contributed by atoms with Crippen molar-refractivity contribution in [2.45, 2.75) is 17.7 Å². The molecule has 122 valence electrons. The van der Waals surface area contributed by atoms with Gasteiger partial charge in [-0.2, -0.15) is 5.10 Å². The van der Waals surface area contributed by atoms with E-state index in [1.807, 2.05) is 42.1 Å². The lowest BCUT2D eigenvalue weighted by Gasteiger charge is -2.06. The van der Waals surface area contributed by atoms with E-state index in [4.69, 9.17) is 5.21 Å². The molecule has 0 unspecified atom stereocenters. The summed E-state index contributed by atoms with van der Waals surface area (Å²) >= 11 is 1.67. The molecule has 1 aromatic carbocycles. The summed E-state index contributed by atoms with van der Waals surface area (Å²) in [5, 5.41) is 17.8. The van der Waals surface area contributed by atoms with Crippen molar-refractivity contribution >= 4 is 18.0 Å². The zero-order valence-corrected chi connectivity index (χ0v) is 14.4. The highest BCUT2D eigenvalue weighted by atomic mass is 32.2. The topological polar surface area (TPSA) is 63.3 Å². The predicted octanol–water partition coefficient (Wildman–Crippen LogP) is 3.89. The van der Waals surface area contributed by atoms with Crippen molar-refractivity contribution < 1.29 is 5.21 Å². The first kappa shape index (κ1) is 16.3. The fourth-order valence-electron chi connectivity index (χ4n) is 2.48. The molecule has 0 saturated heterocycles. The number of aromatic nitrogens is 3. The summed E-state index contributed by atoms with van der Waals surface area (Å²) in [5.74, 6) is 0.820. The molecular weight excluding hydrogens is 320 g/mol. The van der Waals surface area contributed by atoms with E-state index in [1.54, 1.807) is 18.0 Å². The normalized spacial score (nSPS) is 11.2. The van der Waals surface area contributed by atoms with Crippen molar-refractivity contribution in [3.63, 3.8) is 0 Å². The fraction of sp³-hybridized carbons (Fsp3) is 0.167. The highest BCUT2D eigenvalue weighted by molar-refractivity contribution is 7.98.